The molecule has 4 nitrogen and oxygen atoms in total. The normalized spacial score (nSPS) is 10.3. The molecule has 2 aromatic carbocycles. The molecule has 2 rings (SSSR count). The lowest BCUT2D eigenvalue weighted by Gasteiger charge is -2.11. The summed E-state index contributed by atoms with van der Waals surface area (Å²) in [6, 6.07) is 4.79. The number of nitrogens with one attached hydrogen (secondary N) is 1. The van der Waals surface area contributed by atoms with Crippen LogP contribution in [0.25, 0.3) is 0 Å². The first-order valence-corrected chi connectivity index (χ1v) is 5.43. The zero-order chi connectivity index (χ0) is 14.9. The molecule has 0 spiro atoms. The Hall–Kier alpha value is -2.70. The van der Waals surface area contributed by atoms with Gasteiger partial charge in [-0.1, -0.05) is 0 Å². The largest absolute Gasteiger partial charge is 0.478 e. The quantitative estimate of drug-likeness (QED) is 0.597. The van der Waals surface area contributed by atoms with Crippen molar-refractivity contribution in [2.24, 2.45) is 0 Å². The highest BCUT2D eigenvalue weighted by atomic mass is 19.2. The summed E-state index contributed by atoms with van der Waals surface area (Å²) in [5.41, 5.74) is 5.15. The van der Waals surface area contributed by atoms with Crippen molar-refractivity contribution in [3.05, 3.63) is 53.3 Å². The minimum Gasteiger partial charge on any atom is -0.478 e. The second kappa shape index (κ2) is 5.12. The number of benzene rings is 2. The minimum absolute atomic E-state index is 0.0255. The van der Waals surface area contributed by atoms with Gasteiger partial charge in [-0.15, -0.1) is 0 Å². The van der Waals surface area contributed by atoms with E-state index < -0.39 is 29.1 Å². The van der Waals surface area contributed by atoms with Crippen molar-refractivity contribution < 1.29 is 23.1 Å². The number of nitrogens with two attached hydrogens (primary N) is 1. The first-order chi connectivity index (χ1) is 9.38. The van der Waals surface area contributed by atoms with Gasteiger partial charge in [0.25, 0.3) is 0 Å². The van der Waals surface area contributed by atoms with Crippen molar-refractivity contribution in [2.75, 3.05) is 11.1 Å². The Bertz CT molecular complexity index is 690. The van der Waals surface area contributed by atoms with Gasteiger partial charge in [-0.05, 0) is 18.2 Å². The molecule has 0 aliphatic heterocycles. The molecule has 0 fully saturated rings. The van der Waals surface area contributed by atoms with Gasteiger partial charge in [-0.25, -0.2) is 18.0 Å². The molecule has 2 aromatic rings. The van der Waals surface area contributed by atoms with E-state index in [1.807, 2.05) is 0 Å². The standard InChI is InChI=1S/C13H9F3N2O2/c14-8-4-10(16)12(5-9(8)15)18-11-3-6(17)1-2-7(11)13(19)20/h1-5,18H,17H2,(H,19,20). The van der Waals surface area contributed by atoms with Crippen molar-refractivity contribution in [3.63, 3.8) is 0 Å². The fourth-order valence-corrected chi connectivity index (χ4v) is 1.62. The van der Waals surface area contributed by atoms with E-state index in [2.05, 4.69) is 5.32 Å². The molecule has 7 heteroatoms. The monoisotopic (exact) mass is 282 g/mol. The lowest BCUT2D eigenvalue weighted by molar-refractivity contribution is 0.0698. The van der Waals surface area contributed by atoms with E-state index in [-0.39, 0.29) is 16.9 Å². The van der Waals surface area contributed by atoms with Crippen LogP contribution < -0.4 is 11.1 Å². The van der Waals surface area contributed by atoms with E-state index in [0.717, 1.165) is 0 Å². The summed E-state index contributed by atoms with van der Waals surface area (Å²) in [5.74, 6) is -4.91. The molecule has 0 unspecified atom stereocenters. The zero-order valence-electron chi connectivity index (χ0n) is 9.95. The van der Waals surface area contributed by atoms with Gasteiger partial charge >= 0.3 is 5.97 Å². The number of halogens is 3. The maximum absolute atomic E-state index is 13.5. The molecule has 20 heavy (non-hydrogen) atoms. The maximum Gasteiger partial charge on any atom is 0.337 e. The summed E-state index contributed by atoms with van der Waals surface area (Å²) in [6.07, 6.45) is 0. The molecule has 0 saturated carbocycles. The van der Waals surface area contributed by atoms with Crippen LogP contribution in [0, 0.1) is 17.5 Å². The van der Waals surface area contributed by atoms with Gasteiger partial charge in [-0.2, -0.15) is 0 Å². The van der Waals surface area contributed by atoms with Crippen molar-refractivity contribution in [1.29, 1.82) is 0 Å². The number of nitrogen functional groups attached to an aromatic ring is 1. The topological polar surface area (TPSA) is 75.4 Å². The van der Waals surface area contributed by atoms with E-state index >= 15 is 0 Å². The number of anilines is 3. The van der Waals surface area contributed by atoms with Crippen LogP contribution in [-0.4, -0.2) is 11.1 Å². The van der Waals surface area contributed by atoms with Gasteiger partial charge in [0.05, 0.1) is 16.9 Å². The summed E-state index contributed by atoms with van der Waals surface area (Å²) in [4.78, 5) is 11.0. The van der Waals surface area contributed by atoms with E-state index in [0.29, 0.717) is 12.1 Å². The second-order valence-electron chi connectivity index (χ2n) is 3.98. The Morgan fingerprint density at radius 1 is 1.00 bits per heavy atom. The fourth-order valence-electron chi connectivity index (χ4n) is 1.62. The Labute approximate surface area is 111 Å². The molecular formula is C13H9F3N2O2. The minimum atomic E-state index is -1.33. The molecule has 4 N–H and O–H groups in total. The molecule has 0 aliphatic rings. The Kier molecular flexibility index (Phi) is 3.51. The highest BCUT2D eigenvalue weighted by Gasteiger charge is 2.14. The molecule has 0 aromatic heterocycles. The molecule has 0 amide bonds. The van der Waals surface area contributed by atoms with Gasteiger partial charge in [-0.3, -0.25) is 0 Å². The third kappa shape index (κ3) is 2.66. The maximum atomic E-state index is 13.5. The van der Waals surface area contributed by atoms with Crippen LogP contribution >= 0.6 is 0 Å². The molecular weight excluding hydrogens is 273 g/mol. The SMILES string of the molecule is Nc1ccc(C(=O)O)c(Nc2cc(F)c(F)cc2F)c1. The smallest absolute Gasteiger partial charge is 0.337 e. The van der Waals surface area contributed by atoms with Crippen LogP contribution in [0.15, 0.2) is 30.3 Å². The van der Waals surface area contributed by atoms with E-state index in [9.17, 15) is 18.0 Å². The average Bonchev–Trinajstić information content (AvgIpc) is 2.35. The Morgan fingerprint density at radius 3 is 2.30 bits per heavy atom. The van der Waals surface area contributed by atoms with Crippen LogP contribution in [0.3, 0.4) is 0 Å². The zero-order valence-corrected chi connectivity index (χ0v) is 9.95. The number of hydrogen-bond donors (Lipinski definition) is 3. The van der Waals surface area contributed by atoms with E-state index in [1.165, 1.54) is 18.2 Å². The number of carboxylic acids is 1. The predicted molar refractivity (Wildman–Crippen MR) is 67.4 cm³/mol. The van der Waals surface area contributed by atoms with Crippen molar-refractivity contribution in [1.82, 2.24) is 0 Å². The van der Waals surface area contributed by atoms with Crippen LogP contribution in [-0.2, 0) is 0 Å². The van der Waals surface area contributed by atoms with Crippen LogP contribution in [0.4, 0.5) is 30.2 Å². The summed E-state index contributed by atoms with van der Waals surface area (Å²) in [5, 5.41) is 11.4. The molecule has 0 atom stereocenters. The summed E-state index contributed by atoms with van der Waals surface area (Å²) in [6.45, 7) is 0. The van der Waals surface area contributed by atoms with E-state index in [4.69, 9.17) is 10.8 Å². The molecule has 0 saturated heterocycles. The highest BCUT2D eigenvalue weighted by Crippen LogP contribution is 2.26. The number of carbonyl (C=O) groups is 1. The van der Waals surface area contributed by atoms with Crippen molar-refractivity contribution in [3.8, 4) is 0 Å². The lowest BCUT2D eigenvalue weighted by Crippen LogP contribution is -2.05. The Morgan fingerprint density at radius 2 is 1.65 bits per heavy atom. The fraction of sp³-hybridized carbons (Fsp3) is 0. The molecule has 0 aliphatic carbocycles. The number of aromatic carboxylic acids is 1. The number of rotatable bonds is 3. The molecule has 0 bridgehead atoms. The van der Waals surface area contributed by atoms with Gasteiger partial charge in [0.1, 0.15) is 5.82 Å². The summed E-state index contributed by atoms with van der Waals surface area (Å²) in [7, 11) is 0. The predicted octanol–water partition coefficient (Wildman–Crippen LogP) is 3.13. The molecule has 0 radical (unpaired) electrons. The lowest BCUT2D eigenvalue weighted by atomic mass is 10.1. The third-order valence-corrected chi connectivity index (χ3v) is 2.55. The van der Waals surface area contributed by atoms with Gasteiger partial charge in [0.15, 0.2) is 11.6 Å². The first kappa shape index (κ1) is 13.7. The highest BCUT2D eigenvalue weighted by molar-refractivity contribution is 5.96. The second-order valence-corrected chi connectivity index (χ2v) is 3.98. The molecule has 104 valence electrons. The van der Waals surface area contributed by atoms with Crippen molar-refractivity contribution in [2.45, 2.75) is 0 Å². The Balaban J connectivity index is 2.47. The first-order valence-electron chi connectivity index (χ1n) is 5.43. The average molecular weight is 282 g/mol. The van der Waals surface area contributed by atoms with Gasteiger partial charge in [0.2, 0.25) is 0 Å². The van der Waals surface area contributed by atoms with E-state index in [1.54, 1.807) is 0 Å². The van der Waals surface area contributed by atoms with Crippen LogP contribution in [0.2, 0.25) is 0 Å². The van der Waals surface area contributed by atoms with Crippen LogP contribution in [0.1, 0.15) is 10.4 Å². The number of hydrogen-bond acceptors (Lipinski definition) is 3. The van der Waals surface area contributed by atoms with Gasteiger partial charge in [0, 0.05) is 17.8 Å². The van der Waals surface area contributed by atoms with Gasteiger partial charge < -0.3 is 16.2 Å². The number of carboxylic acid groups (broad SMARTS) is 1. The summed E-state index contributed by atoms with van der Waals surface area (Å²) >= 11 is 0. The summed E-state index contributed by atoms with van der Waals surface area (Å²) < 4.78 is 39.4. The third-order valence-electron chi connectivity index (χ3n) is 2.55. The molecule has 0 heterocycles. The van der Waals surface area contributed by atoms with Crippen LogP contribution in [0.5, 0.6) is 0 Å². The van der Waals surface area contributed by atoms with Crippen molar-refractivity contribution >= 4 is 23.0 Å².